The Bertz CT molecular complexity index is 499. The number of rotatable bonds is 7. The molecule has 1 aromatic heterocycles. The Labute approximate surface area is 120 Å². The van der Waals surface area contributed by atoms with Gasteiger partial charge in [0.15, 0.2) is 0 Å². The van der Waals surface area contributed by atoms with Crippen molar-refractivity contribution in [1.29, 1.82) is 0 Å². The smallest absolute Gasteiger partial charge is 0.118 e. The van der Waals surface area contributed by atoms with Crippen LogP contribution in [0.2, 0.25) is 0 Å². The zero-order valence-electron chi connectivity index (χ0n) is 11.8. The molecule has 20 heavy (non-hydrogen) atoms. The molecule has 4 heteroatoms. The first kappa shape index (κ1) is 14.5. The molecule has 1 atom stereocenters. The second-order valence-electron chi connectivity index (χ2n) is 4.78. The van der Waals surface area contributed by atoms with Gasteiger partial charge in [-0.05, 0) is 42.7 Å². The molecular formula is C16H21N3O. The predicted octanol–water partition coefficient (Wildman–Crippen LogP) is 2.10. The van der Waals surface area contributed by atoms with Crippen molar-refractivity contribution >= 4 is 0 Å². The fourth-order valence-corrected chi connectivity index (χ4v) is 2.15. The Hall–Kier alpha value is -1.91. The Kier molecular flexibility index (Phi) is 5.53. The van der Waals surface area contributed by atoms with Gasteiger partial charge in [-0.2, -0.15) is 0 Å². The lowest BCUT2D eigenvalue weighted by atomic mass is 10.0. The summed E-state index contributed by atoms with van der Waals surface area (Å²) in [7, 11) is 1.68. The normalized spacial score (nSPS) is 12.1. The first-order valence-corrected chi connectivity index (χ1v) is 6.81. The number of nitrogens with zero attached hydrogens (tertiary/aromatic N) is 1. The van der Waals surface area contributed by atoms with Crippen molar-refractivity contribution in [1.82, 2.24) is 10.4 Å². The standard InChI is InChI=1S/C16H21N3O/c1-20-16-9-6-13(7-10-16)5-8-15(19-17)12-14-4-2-3-11-18-14/h2-4,6-7,9-11,15,19H,5,8,12,17H2,1H3. The molecule has 0 spiro atoms. The van der Waals surface area contributed by atoms with Crippen LogP contribution < -0.4 is 16.0 Å². The molecule has 0 saturated carbocycles. The van der Waals surface area contributed by atoms with Crippen molar-refractivity contribution < 1.29 is 4.74 Å². The Morgan fingerprint density at radius 3 is 2.60 bits per heavy atom. The Morgan fingerprint density at radius 1 is 1.20 bits per heavy atom. The summed E-state index contributed by atoms with van der Waals surface area (Å²) < 4.78 is 5.15. The van der Waals surface area contributed by atoms with Gasteiger partial charge in [-0.15, -0.1) is 0 Å². The summed E-state index contributed by atoms with van der Waals surface area (Å²) >= 11 is 0. The van der Waals surface area contributed by atoms with E-state index in [1.807, 2.05) is 36.5 Å². The highest BCUT2D eigenvalue weighted by Crippen LogP contribution is 2.14. The molecular weight excluding hydrogens is 250 g/mol. The van der Waals surface area contributed by atoms with E-state index in [2.05, 4.69) is 22.5 Å². The van der Waals surface area contributed by atoms with E-state index in [9.17, 15) is 0 Å². The summed E-state index contributed by atoms with van der Waals surface area (Å²) in [5.41, 5.74) is 5.22. The van der Waals surface area contributed by atoms with Crippen molar-refractivity contribution in [3.63, 3.8) is 0 Å². The molecule has 0 aliphatic heterocycles. The first-order valence-electron chi connectivity index (χ1n) is 6.81. The van der Waals surface area contributed by atoms with E-state index in [1.165, 1.54) is 5.56 Å². The van der Waals surface area contributed by atoms with Crippen LogP contribution in [0.5, 0.6) is 5.75 Å². The zero-order chi connectivity index (χ0) is 14.2. The quantitative estimate of drug-likeness (QED) is 0.598. The zero-order valence-corrected chi connectivity index (χ0v) is 11.8. The molecule has 2 rings (SSSR count). The fourth-order valence-electron chi connectivity index (χ4n) is 2.15. The molecule has 0 fully saturated rings. The number of aromatic nitrogens is 1. The molecule has 0 aliphatic carbocycles. The Morgan fingerprint density at radius 2 is 2.00 bits per heavy atom. The fraction of sp³-hybridized carbons (Fsp3) is 0.312. The van der Waals surface area contributed by atoms with Crippen LogP contribution in [0.4, 0.5) is 0 Å². The van der Waals surface area contributed by atoms with Gasteiger partial charge < -0.3 is 4.74 Å². The molecule has 0 radical (unpaired) electrons. The summed E-state index contributed by atoms with van der Waals surface area (Å²) in [6, 6.07) is 14.3. The molecule has 0 amide bonds. The number of pyridine rings is 1. The molecule has 2 aromatic rings. The minimum atomic E-state index is 0.229. The number of ether oxygens (including phenoxy) is 1. The highest BCUT2D eigenvalue weighted by molar-refractivity contribution is 5.27. The van der Waals surface area contributed by atoms with Gasteiger partial charge in [-0.3, -0.25) is 16.3 Å². The molecule has 0 saturated heterocycles. The number of methoxy groups -OCH3 is 1. The Balaban J connectivity index is 1.86. The van der Waals surface area contributed by atoms with Crippen LogP contribution >= 0.6 is 0 Å². The number of aryl methyl sites for hydroxylation is 1. The van der Waals surface area contributed by atoms with Gasteiger partial charge in [-0.1, -0.05) is 18.2 Å². The van der Waals surface area contributed by atoms with Crippen LogP contribution in [-0.4, -0.2) is 18.1 Å². The number of benzene rings is 1. The SMILES string of the molecule is COc1ccc(CCC(Cc2ccccn2)NN)cc1. The highest BCUT2D eigenvalue weighted by Gasteiger charge is 2.08. The van der Waals surface area contributed by atoms with Gasteiger partial charge in [0.25, 0.3) is 0 Å². The van der Waals surface area contributed by atoms with Gasteiger partial charge in [0.1, 0.15) is 5.75 Å². The third-order valence-corrected chi connectivity index (χ3v) is 3.36. The maximum Gasteiger partial charge on any atom is 0.118 e. The third kappa shape index (κ3) is 4.33. The second kappa shape index (κ2) is 7.62. The van der Waals surface area contributed by atoms with Crippen molar-refractivity contribution in [2.24, 2.45) is 5.84 Å². The van der Waals surface area contributed by atoms with Crippen LogP contribution in [0.1, 0.15) is 17.7 Å². The number of hydrazine groups is 1. The lowest BCUT2D eigenvalue weighted by Gasteiger charge is -2.15. The maximum absolute atomic E-state index is 5.63. The summed E-state index contributed by atoms with van der Waals surface area (Å²) in [6.45, 7) is 0. The molecule has 1 heterocycles. The summed E-state index contributed by atoms with van der Waals surface area (Å²) in [5, 5.41) is 0. The van der Waals surface area contributed by atoms with Gasteiger partial charge >= 0.3 is 0 Å². The van der Waals surface area contributed by atoms with E-state index in [-0.39, 0.29) is 6.04 Å². The predicted molar refractivity (Wildman–Crippen MR) is 80.4 cm³/mol. The van der Waals surface area contributed by atoms with Gasteiger partial charge in [0, 0.05) is 24.4 Å². The van der Waals surface area contributed by atoms with Crippen LogP contribution in [0, 0.1) is 0 Å². The topological polar surface area (TPSA) is 60.2 Å². The summed E-state index contributed by atoms with van der Waals surface area (Å²) in [6.07, 6.45) is 4.60. The van der Waals surface area contributed by atoms with E-state index < -0.39 is 0 Å². The average molecular weight is 271 g/mol. The van der Waals surface area contributed by atoms with Crippen LogP contribution in [0.15, 0.2) is 48.7 Å². The van der Waals surface area contributed by atoms with Crippen molar-refractivity contribution in [3.05, 3.63) is 59.9 Å². The van der Waals surface area contributed by atoms with Crippen LogP contribution in [0.25, 0.3) is 0 Å². The lowest BCUT2D eigenvalue weighted by Crippen LogP contribution is -2.37. The van der Waals surface area contributed by atoms with E-state index in [1.54, 1.807) is 7.11 Å². The van der Waals surface area contributed by atoms with E-state index in [0.29, 0.717) is 0 Å². The van der Waals surface area contributed by atoms with Gasteiger partial charge in [0.05, 0.1) is 7.11 Å². The first-order chi connectivity index (χ1) is 9.81. The van der Waals surface area contributed by atoms with Crippen molar-refractivity contribution in [2.45, 2.75) is 25.3 Å². The number of hydrogen-bond acceptors (Lipinski definition) is 4. The largest absolute Gasteiger partial charge is 0.497 e. The second-order valence-corrected chi connectivity index (χ2v) is 4.78. The van der Waals surface area contributed by atoms with E-state index in [0.717, 1.165) is 30.7 Å². The number of nitrogens with one attached hydrogen (secondary N) is 1. The van der Waals surface area contributed by atoms with E-state index >= 15 is 0 Å². The molecule has 1 unspecified atom stereocenters. The minimum absolute atomic E-state index is 0.229. The number of nitrogens with two attached hydrogens (primary N) is 1. The highest BCUT2D eigenvalue weighted by atomic mass is 16.5. The monoisotopic (exact) mass is 271 g/mol. The summed E-state index contributed by atoms with van der Waals surface area (Å²) in [5.74, 6) is 6.52. The van der Waals surface area contributed by atoms with Crippen molar-refractivity contribution in [3.8, 4) is 5.75 Å². The van der Waals surface area contributed by atoms with Crippen LogP contribution in [-0.2, 0) is 12.8 Å². The minimum Gasteiger partial charge on any atom is -0.497 e. The van der Waals surface area contributed by atoms with Crippen molar-refractivity contribution in [2.75, 3.05) is 7.11 Å². The molecule has 0 aliphatic rings. The third-order valence-electron chi connectivity index (χ3n) is 3.36. The lowest BCUT2D eigenvalue weighted by molar-refractivity contribution is 0.414. The molecule has 4 nitrogen and oxygen atoms in total. The van der Waals surface area contributed by atoms with E-state index in [4.69, 9.17) is 10.6 Å². The summed E-state index contributed by atoms with van der Waals surface area (Å²) in [4.78, 5) is 4.33. The number of hydrogen-bond donors (Lipinski definition) is 2. The molecule has 1 aromatic carbocycles. The molecule has 0 bridgehead atoms. The molecule has 106 valence electrons. The maximum atomic E-state index is 5.63. The van der Waals surface area contributed by atoms with Gasteiger partial charge in [-0.25, -0.2) is 0 Å². The van der Waals surface area contributed by atoms with Gasteiger partial charge in [0.2, 0.25) is 0 Å². The molecule has 3 N–H and O–H groups in total. The average Bonchev–Trinajstić information content (AvgIpc) is 2.53. The van der Waals surface area contributed by atoms with Crippen LogP contribution in [0.3, 0.4) is 0 Å².